The first-order valence-corrected chi connectivity index (χ1v) is 13.0. The van der Waals surface area contributed by atoms with E-state index in [1.54, 1.807) is 27.8 Å². The highest BCUT2D eigenvalue weighted by Gasteiger charge is 2.34. The van der Waals surface area contributed by atoms with Crippen molar-refractivity contribution in [3.8, 4) is 0 Å². The molecule has 2 aromatic rings. The first-order valence-electron chi connectivity index (χ1n) is 13.0. The van der Waals surface area contributed by atoms with Crippen molar-refractivity contribution in [2.24, 2.45) is 5.92 Å². The molecule has 3 atom stereocenters. The lowest BCUT2D eigenvalue weighted by molar-refractivity contribution is -0.155. The molecule has 1 aliphatic heterocycles. The molecule has 1 heterocycles. The number of fused-ring (bicyclic) bond motifs is 1. The van der Waals surface area contributed by atoms with Crippen LogP contribution in [0.2, 0.25) is 0 Å². The number of carbonyl (C=O) groups is 3. The molecule has 0 bridgehead atoms. The lowest BCUT2D eigenvalue weighted by Crippen LogP contribution is -2.48. The second-order valence-corrected chi connectivity index (χ2v) is 11.7. The predicted octanol–water partition coefficient (Wildman–Crippen LogP) is 5.54. The Morgan fingerprint density at radius 1 is 1.03 bits per heavy atom. The van der Waals surface area contributed by atoms with Gasteiger partial charge < -0.3 is 18.9 Å². The van der Waals surface area contributed by atoms with Gasteiger partial charge in [0.05, 0.1) is 12.7 Å². The largest absolute Gasteiger partial charge is 0.462 e. The van der Waals surface area contributed by atoms with Gasteiger partial charge >= 0.3 is 12.1 Å². The molecule has 1 saturated heterocycles. The zero-order valence-corrected chi connectivity index (χ0v) is 24.0. The quantitative estimate of drug-likeness (QED) is 0.292. The highest BCUT2D eigenvalue weighted by Crippen LogP contribution is 2.25. The van der Waals surface area contributed by atoms with E-state index in [1.807, 2.05) is 39.8 Å². The highest BCUT2D eigenvalue weighted by molar-refractivity contribution is 5.85. The van der Waals surface area contributed by atoms with Gasteiger partial charge in [0, 0.05) is 13.7 Å². The van der Waals surface area contributed by atoms with E-state index < -0.39 is 23.7 Å². The Labute approximate surface area is 226 Å². The van der Waals surface area contributed by atoms with Crippen molar-refractivity contribution < 1.29 is 33.3 Å². The van der Waals surface area contributed by atoms with Gasteiger partial charge in [0.1, 0.15) is 11.2 Å². The van der Waals surface area contributed by atoms with Crippen molar-refractivity contribution in [1.29, 1.82) is 0 Å². The van der Waals surface area contributed by atoms with Crippen LogP contribution in [0.5, 0.6) is 0 Å². The van der Waals surface area contributed by atoms with Crippen molar-refractivity contribution >= 4 is 29.3 Å². The summed E-state index contributed by atoms with van der Waals surface area (Å²) in [5.74, 6) is -0.272. The van der Waals surface area contributed by atoms with Crippen molar-refractivity contribution in [3.63, 3.8) is 0 Å². The Bertz CT molecular complexity index is 1060. The fourth-order valence-corrected chi connectivity index (χ4v) is 4.08. The van der Waals surface area contributed by atoms with E-state index in [0.717, 1.165) is 6.42 Å². The first-order chi connectivity index (χ1) is 17.7. The monoisotopic (exact) mass is 529 g/mol. The van der Waals surface area contributed by atoms with Gasteiger partial charge in [-0.2, -0.15) is 0 Å². The van der Waals surface area contributed by atoms with Gasteiger partial charge in [-0.1, -0.05) is 42.5 Å². The molecule has 0 saturated carbocycles. The van der Waals surface area contributed by atoms with E-state index in [0.29, 0.717) is 19.5 Å². The first kappa shape index (κ1) is 31.1. The van der Waals surface area contributed by atoms with Gasteiger partial charge in [0.15, 0.2) is 6.04 Å². The summed E-state index contributed by atoms with van der Waals surface area (Å²) in [5.41, 5.74) is 0.291. The van der Waals surface area contributed by atoms with E-state index >= 15 is 0 Å². The van der Waals surface area contributed by atoms with Crippen LogP contribution in [0.4, 0.5) is 4.79 Å². The summed E-state index contributed by atoms with van der Waals surface area (Å²) < 4.78 is 21.6. The van der Waals surface area contributed by atoms with Crippen LogP contribution >= 0.6 is 0 Å². The molecule has 210 valence electrons. The molecule has 2 aromatic carbocycles. The molecule has 1 amide bonds. The van der Waals surface area contributed by atoms with Crippen molar-refractivity contribution in [2.75, 3.05) is 20.3 Å². The molecule has 38 heavy (non-hydrogen) atoms. The van der Waals surface area contributed by atoms with Crippen LogP contribution in [-0.2, 0) is 35.0 Å². The number of nitrogens with zero attached hydrogens (tertiary/aromatic N) is 1. The van der Waals surface area contributed by atoms with Crippen LogP contribution in [-0.4, -0.2) is 67.0 Å². The minimum absolute atomic E-state index is 0.0767. The minimum atomic E-state index is -0.839. The molecule has 8 nitrogen and oxygen atoms in total. The van der Waals surface area contributed by atoms with Gasteiger partial charge in [0.25, 0.3) is 6.47 Å². The zero-order valence-electron chi connectivity index (χ0n) is 24.0. The summed E-state index contributed by atoms with van der Waals surface area (Å²) >= 11 is 0. The number of cyclic esters (lactones) is 1. The van der Waals surface area contributed by atoms with E-state index in [2.05, 4.69) is 35.1 Å². The minimum Gasteiger partial charge on any atom is -0.462 e. The lowest BCUT2D eigenvalue weighted by Gasteiger charge is -2.29. The second kappa shape index (κ2) is 13.6. The van der Waals surface area contributed by atoms with Crippen molar-refractivity contribution in [2.45, 2.75) is 84.7 Å². The van der Waals surface area contributed by atoms with Gasteiger partial charge in [-0.25, -0.2) is 9.59 Å². The molecule has 0 aliphatic carbocycles. The van der Waals surface area contributed by atoms with Gasteiger partial charge in [0.2, 0.25) is 0 Å². The van der Waals surface area contributed by atoms with Crippen LogP contribution in [0.15, 0.2) is 42.5 Å². The van der Waals surface area contributed by atoms with Crippen LogP contribution < -0.4 is 0 Å². The zero-order chi connectivity index (χ0) is 28.5. The van der Waals surface area contributed by atoms with E-state index in [4.69, 9.17) is 14.2 Å². The molecule has 3 rings (SSSR count). The van der Waals surface area contributed by atoms with Gasteiger partial charge in [-0.3, -0.25) is 9.69 Å². The third-order valence-electron chi connectivity index (χ3n) is 5.82. The number of amides is 1. The van der Waals surface area contributed by atoms with Crippen molar-refractivity contribution in [1.82, 2.24) is 4.90 Å². The number of carbonyl (C=O) groups excluding carboxylic acids is 3. The summed E-state index contributed by atoms with van der Waals surface area (Å²) in [7, 11) is 1.54. The van der Waals surface area contributed by atoms with Gasteiger partial charge in [-0.15, -0.1) is 0 Å². The molecule has 0 N–H and O–H groups in total. The molecule has 2 unspecified atom stereocenters. The Morgan fingerprint density at radius 2 is 1.68 bits per heavy atom. The number of likely N-dealkylation sites (N-methyl/N-ethyl adjacent to an activating group) is 1. The Kier molecular flexibility index (Phi) is 11.1. The number of hydrogen-bond acceptors (Lipinski definition) is 7. The van der Waals surface area contributed by atoms with Gasteiger partial charge in [-0.05, 0) is 83.6 Å². The third kappa shape index (κ3) is 10.3. The average Bonchev–Trinajstić information content (AvgIpc) is 2.86. The molecule has 8 heteroatoms. The molecule has 1 aliphatic rings. The van der Waals surface area contributed by atoms with Crippen LogP contribution in [0.1, 0.15) is 60.5 Å². The normalized spacial score (nSPS) is 20.5. The van der Waals surface area contributed by atoms with Crippen LogP contribution in [0.25, 0.3) is 10.8 Å². The fraction of sp³-hybridized carbons (Fsp3) is 0.567. The standard InChI is InChI=1S/C25H33NO5.C5H10O2/c1-17-13-18(14-20-11-8-10-19-9-6-7-12-21(19)20)15-29-16-22(23(27)30-17)26(5)24(28)31-25(2,3)4;1-5(2,3)7-4-6/h6-12,17-18,22H,13-16H2,1-5H3;4H,1-3H3/t17?,18?,22-;/m0./s1. The Balaban J connectivity index is 0.000000638. The molecular weight excluding hydrogens is 486 g/mol. The molecule has 1 fully saturated rings. The molecule has 0 aromatic heterocycles. The Hall–Kier alpha value is -3.13. The van der Waals surface area contributed by atoms with E-state index in [-0.39, 0.29) is 24.2 Å². The Morgan fingerprint density at radius 3 is 2.29 bits per heavy atom. The lowest BCUT2D eigenvalue weighted by atomic mass is 9.92. The smallest absolute Gasteiger partial charge is 0.410 e. The number of benzene rings is 2. The maximum Gasteiger partial charge on any atom is 0.410 e. The summed E-state index contributed by atoms with van der Waals surface area (Å²) in [5, 5.41) is 2.44. The van der Waals surface area contributed by atoms with Crippen LogP contribution in [0.3, 0.4) is 0 Å². The maximum absolute atomic E-state index is 12.7. The third-order valence-corrected chi connectivity index (χ3v) is 5.82. The van der Waals surface area contributed by atoms with E-state index in [1.165, 1.54) is 21.2 Å². The van der Waals surface area contributed by atoms with Crippen molar-refractivity contribution in [3.05, 3.63) is 48.0 Å². The predicted molar refractivity (Wildman–Crippen MR) is 147 cm³/mol. The maximum atomic E-state index is 12.7. The SMILES string of the molecule is CC(C)(C)OC=O.CC1CC(Cc2cccc3ccccc23)COC[C@H](N(C)C(=O)OC(C)(C)C)C(=O)O1. The average molecular weight is 530 g/mol. The number of hydrogen-bond donors (Lipinski definition) is 0. The molecule has 0 radical (unpaired) electrons. The van der Waals surface area contributed by atoms with Crippen LogP contribution in [0, 0.1) is 5.92 Å². The summed E-state index contributed by atoms with van der Waals surface area (Å²) in [6, 6.07) is 13.8. The van der Waals surface area contributed by atoms with E-state index in [9.17, 15) is 14.4 Å². The summed E-state index contributed by atoms with van der Waals surface area (Å²) in [6.07, 6.45) is 0.675. The fourth-order valence-electron chi connectivity index (χ4n) is 4.08. The molecular formula is C30H43NO7. The number of rotatable bonds is 4. The number of esters is 1. The molecule has 0 spiro atoms. The topological polar surface area (TPSA) is 91.4 Å². The summed E-state index contributed by atoms with van der Waals surface area (Å²) in [4.78, 5) is 36.0. The number of ether oxygens (including phenoxy) is 4. The summed E-state index contributed by atoms with van der Waals surface area (Å²) in [6.45, 7) is 13.7. The highest BCUT2D eigenvalue weighted by atomic mass is 16.6. The second-order valence-electron chi connectivity index (χ2n) is 11.7.